The molecule has 1 nitrogen and oxygen atoms in total. The number of hydrogen-bond donors (Lipinski definition) is 0. The summed E-state index contributed by atoms with van der Waals surface area (Å²) in [5.41, 5.74) is 0.0864. The Morgan fingerprint density at radius 1 is 1.15 bits per heavy atom. The molecular weight excluding hydrogens is 181 g/mol. The smallest absolute Gasteiger partial charge is 0.416 e. The zero-order chi connectivity index (χ0) is 9.90. The standard InChI is InChI=1S/C9H9F3O/c1-13-6-7-2-4-8(5-3-7)9(10,11)12/h2-5,13H,1,6H2. The first-order chi connectivity index (χ1) is 6.04. The zero-order valence-electron chi connectivity index (χ0n) is 6.80. The molecule has 72 valence electrons. The molecule has 0 saturated heterocycles. The number of ether oxygens (including phenoxy) is 1. The van der Waals surface area contributed by atoms with Crippen LogP contribution >= 0.6 is 0 Å². The lowest BCUT2D eigenvalue weighted by molar-refractivity contribution is -0.137. The SMILES string of the molecule is [CH2-][OH+]Cc1ccc(C(F)(F)F)cc1. The van der Waals surface area contributed by atoms with Crippen molar-refractivity contribution in [2.45, 2.75) is 12.8 Å². The van der Waals surface area contributed by atoms with Crippen molar-refractivity contribution in [3.05, 3.63) is 42.5 Å². The molecule has 0 aromatic heterocycles. The molecule has 1 aromatic carbocycles. The summed E-state index contributed by atoms with van der Waals surface area (Å²) in [4.78, 5) is 0. The lowest BCUT2D eigenvalue weighted by Gasteiger charge is -2.06. The first-order valence-corrected chi connectivity index (χ1v) is 3.62. The maximum absolute atomic E-state index is 12.1. The third kappa shape index (κ3) is 2.73. The monoisotopic (exact) mass is 190 g/mol. The topological polar surface area (TPSA) is 12.8 Å². The van der Waals surface area contributed by atoms with Gasteiger partial charge in [-0.3, -0.25) is 0 Å². The van der Waals surface area contributed by atoms with Gasteiger partial charge in [-0.25, -0.2) is 0 Å². The van der Waals surface area contributed by atoms with Gasteiger partial charge in [0, 0.05) is 5.56 Å². The van der Waals surface area contributed by atoms with Crippen LogP contribution in [0.4, 0.5) is 13.2 Å². The third-order valence-corrected chi connectivity index (χ3v) is 1.58. The molecule has 0 amide bonds. The van der Waals surface area contributed by atoms with Crippen molar-refractivity contribution >= 4 is 0 Å². The van der Waals surface area contributed by atoms with Gasteiger partial charge in [0.1, 0.15) is 6.61 Å². The van der Waals surface area contributed by atoms with Crippen LogP contribution in [-0.2, 0) is 12.8 Å². The van der Waals surface area contributed by atoms with Gasteiger partial charge in [-0.15, -0.1) is 0 Å². The Morgan fingerprint density at radius 3 is 2.08 bits per heavy atom. The van der Waals surface area contributed by atoms with E-state index in [9.17, 15) is 13.2 Å². The average molecular weight is 190 g/mol. The zero-order valence-corrected chi connectivity index (χ0v) is 6.80. The second-order valence-electron chi connectivity index (χ2n) is 2.58. The highest BCUT2D eigenvalue weighted by Crippen LogP contribution is 2.28. The van der Waals surface area contributed by atoms with E-state index >= 15 is 0 Å². The van der Waals surface area contributed by atoms with Crippen LogP contribution in [0.3, 0.4) is 0 Å². The van der Waals surface area contributed by atoms with Gasteiger partial charge in [0.05, 0.1) is 5.56 Å². The van der Waals surface area contributed by atoms with Gasteiger partial charge in [0.25, 0.3) is 0 Å². The minimum absolute atomic E-state index is 0.345. The lowest BCUT2D eigenvalue weighted by atomic mass is 10.1. The van der Waals surface area contributed by atoms with Crippen molar-refractivity contribution in [3.8, 4) is 0 Å². The predicted octanol–water partition coefficient (Wildman–Crippen LogP) is 2.52. The number of benzene rings is 1. The van der Waals surface area contributed by atoms with E-state index < -0.39 is 11.7 Å². The Bertz CT molecular complexity index is 263. The van der Waals surface area contributed by atoms with Gasteiger partial charge < -0.3 is 4.74 Å². The van der Waals surface area contributed by atoms with Gasteiger partial charge in [0.15, 0.2) is 0 Å². The molecule has 0 spiro atoms. The molecule has 4 heteroatoms. The van der Waals surface area contributed by atoms with Gasteiger partial charge in [-0.1, -0.05) is 19.2 Å². The fourth-order valence-corrected chi connectivity index (χ4v) is 0.928. The van der Waals surface area contributed by atoms with Crippen molar-refractivity contribution < 1.29 is 17.9 Å². The predicted molar refractivity (Wildman–Crippen MR) is 42.7 cm³/mol. The maximum atomic E-state index is 12.1. The molecule has 1 rings (SSSR count). The minimum atomic E-state index is -4.26. The highest BCUT2D eigenvalue weighted by Gasteiger charge is 2.29. The Kier molecular flexibility index (Phi) is 2.93. The first-order valence-electron chi connectivity index (χ1n) is 3.62. The Hall–Kier alpha value is -1.03. The lowest BCUT2D eigenvalue weighted by Crippen LogP contribution is -2.04. The van der Waals surface area contributed by atoms with Crippen LogP contribution < -0.4 is 0 Å². The summed E-state index contributed by atoms with van der Waals surface area (Å²) in [6.07, 6.45) is -4.26. The van der Waals surface area contributed by atoms with Gasteiger partial charge in [-0.05, 0) is 12.1 Å². The second kappa shape index (κ2) is 3.79. The molecule has 0 saturated carbocycles. The summed E-state index contributed by atoms with van der Waals surface area (Å²) >= 11 is 0. The van der Waals surface area contributed by atoms with Crippen LogP contribution in [0.15, 0.2) is 24.3 Å². The van der Waals surface area contributed by atoms with E-state index in [2.05, 4.69) is 11.8 Å². The summed E-state index contributed by atoms with van der Waals surface area (Å²) < 4.78 is 39.8. The van der Waals surface area contributed by atoms with Crippen LogP contribution in [0, 0.1) is 7.11 Å². The minimum Gasteiger partial charge on any atom is -0.578 e. The Morgan fingerprint density at radius 2 is 1.69 bits per heavy atom. The second-order valence-corrected chi connectivity index (χ2v) is 2.58. The first kappa shape index (κ1) is 10.1. The van der Waals surface area contributed by atoms with E-state index in [1.165, 1.54) is 12.1 Å². The molecule has 0 fully saturated rings. The Labute approximate surface area is 74.1 Å². The third-order valence-electron chi connectivity index (χ3n) is 1.58. The number of rotatable bonds is 2. The molecule has 0 bridgehead atoms. The average Bonchev–Trinajstić information content (AvgIpc) is 2.04. The molecule has 0 aliphatic carbocycles. The summed E-state index contributed by atoms with van der Waals surface area (Å²) in [6, 6.07) is 4.88. The molecule has 1 aromatic rings. The molecule has 0 aliphatic rings. The van der Waals surface area contributed by atoms with E-state index in [-0.39, 0.29) is 0 Å². The van der Waals surface area contributed by atoms with Crippen molar-refractivity contribution in [2.75, 3.05) is 0 Å². The normalized spacial score (nSPS) is 11.7. The van der Waals surface area contributed by atoms with Crippen LogP contribution in [0.2, 0.25) is 0 Å². The van der Waals surface area contributed by atoms with Crippen LogP contribution in [-0.4, -0.2) is 4.74 Å². The number of halogens is 3. The Balaban J connectivity index is 2.81. The quantitative estimate of drug-likeness (QED) is 0.502. The van der Waals surface area contributed by atoms with E-state index in [4.69, 9.17) is 0 Å². The largest absolute Gasteiger partial charge is 0.578 e. The summed E-state index contributed by atoms with van der Waals surface area (Å²) in [7, 11) is 3.25. The number of aliphatic hydroxyl groups is 2. The van der Waals surface area contributed by atoms with E-state index in [0.29, 0.717) is 6.61 Å². The highest BCUT2D eigenvalue weighted by atomic mass is 19.4. The van der Waals surface area contributed by atoms with Gasteiger partial charge in [-0.2, -0.15) is 13.2 Å². The maximum Gasteiger partial charge on any atom is 0.416 e. The molecular formula is C9H9F3O. The van der Waals surface area contributed by atoms with Crippen LogP contribution in [0.25, 0.3) is 0 Å². The fourth-order valence-electron chi connectivity index (χ4n) is 0.928. The van der Waals surface area contributed by atoms with Crippen molar-refractivity contribution in [1.82, 2.24) is 0 Å². The van der Waals surface area contributed by atoms with Crippen LogP contribution in [0.5, 0.6) is 0 Å². The summed E-state index contributed by atoms with van der Waals surface area (Å²) in [6.45, 7) is 0.345. The molecule has 0 atom stereocenters. The van der Waals surface area contributed by atoms with Crippen molar-refractivity contribution in [1.29, 1.82) is 0 Å². The summed E-state index contributed by atoms with van der Waals surface area (Å²) in [5.74, 6) is 0. The molecule has 1 N–H and O–H groups in total. The summed E-state index contributed by atoms with van der Waals surface area (Å²) in [5, 5.41) is 0. The van der Waals surface area contributed by atoms with Crippen molar-refractivity contribution in [2.24, 2.45) is 0 Å². The van der Waals surface area contributed by atoms with Gasteiger partial charge >= 0.3 is 6.18 Å². The number of alkyl halides is 3. The fraction of sp³-hybridized carbons (Fsp3) is 0.222. The van der Waals surface area contributed by atoms with E-state index in [1.54, 1.807) is 0 Å². The van der Waals surface area contributed by atoms with Gasteiger partial charge in [0.2, 0.25) is 0 Å². The highest BCUT2D eigenvalue weighted by molar-refractivity contribution is 5.23. The van der Waals surface area contributed by atoms with Crippen LogP contribution in [0.1, 0.15) is 11.1 Å². The van der Waals surface area contributed by atoms with E-state index in [1.807, 2.05) is 0 Å². The van der Waals surface area contributed by atoms with E-state index in [0.717, 1.165) is 17.7 Å². The molecule has 0 radical (unpaired) electrons. The van der Waals surface area contributed by atoms with Crippen molar-refractivity contribution in [3.63, 3.8) is 0 Å². The molecule has 0 aliphatic heterocycles. The number of hydrogen-bond acceptors (Lipinski definition) is 0. The molecule has 0 unspecified atom stereocenters. The molecule has 0 heterocycles. The molecule has 13 heavy (non-hydrogen) atoms.